The molecule has 1 saturated heterocycles. The minimum absolute atomic E-state index is 0.0160. The molecule has 124 valence electrons. The predicted octanol–water partition coefficient (Wildman–Crippen LogP) is 0.829. The first-order chi connectivity index (χ1) is 11.0. The summed E-state index contributed by atoms with van der Waals surface area (Å²) in [6, 6.07) is 2.82. The minimum Gasteiger partial charge on any atom is -0.467 e. The molecular formula is C16H19FN2O4. The number of likely N-dealkylation sites (tertiary alicyclic amines) is 1. The first kappa shape index (κ1) is 15.7. The molecule has 0 saturated carbocycles. The Bertz CT molecular complexity index is 635. The molecule has 2 aliphatic heterocycles. The third-order valence-corrected chi connectivity index (χ3v) is 4.16. The molecule has 1 aromatic carbocycles. The van der Waals surface area contributed by atoms with Crippen LogP contribution in [-0.2, 0) is 27.4 Å². The van der Waals surface area contributed by atoms with Crippen molar-refractivity contribution in [3.63, 3.8) is 0 Å². The van der Waals surface area contributed by atoms with E-state index in [9.17, 15) is 14.0 Å². The summed E-state index contributed by atoms with van der Waals surface area (Å²) >= 11 is 0. The average molecular weight is 322 g/mol. The van der Waals surface area contributed by atoms with Gasteiger partial charge in [0.2, 0.25) is 11.8 Å². The van der Waals surface area contributed by atoms with Crippen LogP contribution < -0.4 is 10.1 Å². The zero-order valence-electron chi connectivity index (χ0n) is 12.9. The Morgan fingerprint density at radius 2 is 2.30 bits per heavy atom. The SMILES string of the molecule is CN1CC(C(=O)NCCc2cc(F)cc3c2OCOC3)CC1=O. The largest absolute Gasteiger partial charge is 0.467 e. The first-order valence-electron chi connectivity index (χ1n) is 7.58. The van der Waals surface area contributed by atoms with E-state index < -0.39 is 0 Å². The molecule has 0 aromatic heterocycles. The van der Waals surface area contributed by atoms with Gasteiger partial charge >= 0.3 is 0 Å². The number of carbonyl (C=O) groups is 2. The maximum Gasteiger partial charge on any atom is 0.225 e. The number of hydrogen-bond acceptors (Lipinski definition) is 4. The lowest BCUT2D eigenvalue weighted by molar-refractivity contribution is -0.128. The van der Waals surface area contributed by atoms with E-state index >= 15 is 0 Å². The van der Waals surface area contributed by atoms with Gasteiger partial charge in [0.25, 0.3) is 0 Å². The van der Waals surface area contributed by atoms with Crippen LogP contribution in [0.15, 0.2) is 12.1 Å². The van der Waals surface area contributed by atoms with Gasteiger partial charge in [0, 0.05) is 32.1 Å². The number of benzene rings is 1. The second-order valence-electron chi connectivity index (χ2n) is 5.88. The molecule has 23 heavy (non-hydrogen) atoms. The molecule has 6 nitrogen and oxygen atoms in total. The lowest BCUT2D eigenvalue weighted by Crippen LogP contribution is -2.33. The summed E-state index contributed by atoms with van der Waals surface area (Å²) < 4.78 is 24.2. The van der Waals surface area contributed by atoms with E-state index in [0.29, 0.717) is 43.0 Å². The smallest absolute Gasteiger partial charge is 0.225 e. The highest BCUT2D eigenvalue weighted by Crippen LogP contribution is 2.29. The lowest BCUT2D eigenvalue weighted by atomic mass is 10.0. The fourth-order valence-electron chi connectivity index (χ4n) is 2.95. The zero-order chi connectivity index (χ0) is 16.4. The molecule has 2 aliphatic rings. The van der Waals surface area contributed by atoms with Crippen LogP contribution in [0.25, 0.3) is 0 Å². The summed E-state index contributed by atoms with van der Waals surface area (Å²) in [5.74, 6) is -0.168. The first-order valence-corrected chi connectivity index (χ1v) is 7.58. The van der Waals surface area contributed by atoms with Crippen molar-refractivity contribution in [2.75, 3.05) is 26.9 Å². The van der Waals surface area contributed by atoms with E-state index in [-0.39, 0.29) is 36.8 Å². The number of nitrogens with zero attached hydrogens (tertiary/aromatic N) is 1. The van der Waals surface area contributed by atoms with Gasteiger partial charge in [-0.3, -0.25) is 9.59 Å². The molecule has 0 bridgehead atoms. The molecular weight excluding hydrogens is 303 g/mol. The Kier molecular flexibility index (Phi) is 4.47. The molecule has 2 heterocycles. The lowest BCUT2D eigenvalue weighted by Gasteiger charge is -2.21. The Balaban J connectivity index is 1.58. The van der Waals surface area contributed by atoms with E-state index in [4.69, 9.17) is 9.47 Å². The number of hydrogen-bond donors (Lipinski definition) is 1. The highest BCUT2D eigenvalue weighted by Gasteiger charge is 2.31. The molecule has 1 aromatic rings. The third kappa shape index (κ3) is 3.44. The molecule has 0 radical (unpaired) electrons. The van der Waals surface area contributed by atoms with Crippen molar-refractivity contribution in [3.8, 4) is 5.75 Å². The molecule has 1 unspecified atom stereocenters. The average Bonchev–Trinajstić information content (AvgIpc) is 2.86. The summed E-state index contributed by atoms with van der Waals surface area (Å²) in [5.41, 5.74) is 1.39. The standard InChI is InChI=1S/C16H19FN2O4/c1-19-7-11(6-14(19)20)16(21)18-3-2-10-4-13(17)5-12-8-22-9-23-15(10)12/h4-5,11H,2-3,6-9H2,1H3,(H,18,21). The van der Waals surface area contributed by atoms with E-state index in [1.807, 2.05) is 0 Å². The van der Waals surface area contributed by atoms with Crippen molar-refractivity contribution >= 4 is 11.8 Å². The van der Waals surface area contributed by atoms with Crippen LogP contribution in [-0.4, -0.2) is 43.6 Å². The minimum atomic E-state index is -0.345. The fraction of sp³-hybridized carbons (Fsp3) is 0.500. The second-order valence-corrected chi connectivity index (χ2v) is 5.88. The predicted molar refractivity (Wildman–Crippen MR) is 79.1 cm³/mol. The van der Waals surface area contributed by atoms with E-state index in [1.165, 1.54) is 12.1 Å². The number of carbonyl (C=O) groups excluding carboxylic acids is 2. The number of ether oxygens (including phenoxy) is 2. The summed E-state index contributed by atoms with van der Waals surface area (Å²) in [6.07, 6.45) is 0.709. The van der Waals surface area contributed by atoms with Crippen LogP contribution in [0, 0.1) is 11.7 Å². The van der Waals surface area contributed by atoms with Gasteiger partial charge in [-0.05, 0) is 24.1 Å². The Morgan fingerprint density at radius 3 is 3.04 bits per heavy atom. The molecule has 2 amide bonds. The van der Waals surface area contributed by atoms with Crippen LogP contribution in [0.4, 0.5) is 4.39 Å². The van der Waals surface area contributed by atoms with Crippen LogP contribution >= 0.6 is 0 Å². The van der Waals surface area contributed by atoms with Gasteiger partial charge < -0.3 is 19.7 Å². The molecule has 1 fully saturated rings. The van der Waals surface area contributed by atoms with Crippen molar-refractivity contribution in [3.05, 3.63) is 29.1 Å². The monoisotopic (exact) mass is 322 g/mol. The van der Waals surface area contributed by atoms with Crippen molar-refractivity contribution in [2.45, 2.75) is 19.4 Å². The van der Waals surface area contributed by atoms with E-state index in [2.05, 4.69) is 5.32 Å². The van der Waals surface area contributed by atoms with Crippen LogP contribution in [0.5, 0.6) is 5.75 Å². The summed E-state index contributed by atoms with van der Waals surface area (Å²) in [7, 11) is 1.69. The number of rotatable bonds is 4. The normalized spacial score (nSPS) is 20.2. The number of fused-ring (bicyclic) bond motifs is 1. The molecule has 1 N–H and O–H groups in total. The maximum atomic E-state index is 13.6. The topological polar surface area (TPSA) is 67.9 Å². The van der Waals surface area contributed by atoms with Crippen molar-refractivity contribution in [1.29, 1.82) is 0 Å². The van der Waals surface area contributed by atoms with Gasteiger partial charge in [-0.2, -0.15) is 0 Å². The second kappa shape index (κ2) is 6.54. The quantitative estimate of drug-likeness (QED) is 0.891. The Morgan fingerprint density at radius 1 is 1.48 bits per heavy atom. The maximum absolute atomic E-state index is 13.6. The highest BCUT2D eigenvalue weighted by atomic mass is 19.1. The number of halogens is 1. The van der Waals surface area contributed by atoms with Gasteiger partial charge in [-0.25, -0.2) is 4.39 Å². The molecule has 1 atom stereocenters. The zero-order valence-corrected chi connectivity index (χ0v) is 12.9. The van der Waals surface area contributed by atoms with Crippen LogP contribution in [0.3, 0.4) is 0 Å². The fourth-order valence-corrected chi connectivity index (χ4v) is 2.95. The highest BCUT2D eigenvalue weighted by molar-refractivity contribution is 5.89. The molecule has 7 heteroatoms. The van der Waals surface area contributed by atoms with Crippen LogP contribution in [0.1, 0.15) is 17.5 Å². The van der Waals surface area contributed by atoms with Crippen LogP contribution in [0.2, 0.25) is 0 Å². The van der Waals surface area contributed by atoms with Gasteiger partial charge in [0.15, 0.2) is 6.79 Å². The van der Waals surface area contributed by atoms with Crippen molar-refractivity contribution in [2.24, 2.45) is 5.92 Å². The van der Waals surface area contributed by atoms with E-state index in [1.54, 1.807) is 11.9 Å². The summed E-state index contributed by atoms with van der Waals surface area (Å²) in [5, 5.41) is 2.81. The Hall–Kier alpha value is -2.15. The van der Waals surface area contributed by atoms with Crippen molar-refractivity contribution in [1.82, 2.24) is 10.2 Å². The molecule has 0 aliphatic carbocycles. The molecule has 0 spiro atoms. The van der Waals surface area contributed by atoms with Gasteiger partial charge in [-0.15, -0.1) is 0 Å². The number of amides is 2. The summed E-state index contributed by atoms with van der Waals surface area (Å²) in [6.45, 7) is 1.28. The summed E-state index contributed by atoms with van der Waals surface area (Å²) in [4.78, 5) is 25.1. The van der Waals surface area contributed by atoms with E-state index in [0.717, 1.165) is 0 Å². The third-order valence-electron chi connectivity index (χ3n) is 4.16. The van der Waals surface area contributed by atoms with Gasteiger partial charge in [0.05, 0.1) is 12.5 Å². The van der Waals surface area contributed by atoms with Crippen molar-refractivity contribution < 1.29 is 23.5 Å². The van der Waals surface area contributed by atoms with Gasteiger partial charge in [-0.1, -0.05) is 0 Å². The number of nitrogens with one attached hydrogen (secondary N) is 1. The van der Waals surface area contributed by atoms with Gasteiger partial charge in [0.1, 0.15) is 11.6 Å². The Labute approximate surface area is 133 Å². The molecule has 3 rings (SSSR count).